The van der Waals surface area contributed by atoms with E-state index in [1.807, 2.05) is 29.9 Å². The Bertz CT molecular complexity index is 880. The molecule has 7 heteroatoms. The van der Waals surface area contributed by atoms with Crippen LogP contribution in [-0.4, -0.2) is 38.3 Å². The number of nitrogens with zero attached hydrogens (tertiary/aromatic N) is 5. The number of para-hydroxylation sites is 2. The van der Waals surface area contributed by atoms with Crippen molar-refractivity contribution in [1.82, 2.24) is 19.3 Å². The number of benzene rings is 1. The second-order valence-electron chi connectivity index (χ2n) is 5.92. The van der Waals surface area contributed by atoms with Gasteiger partial charge in [0.1, 0.15) is 0 Å². The number of aryl methyl sites for hydroxylation is 1. The summed E-state index contributed by atoms with van der Waals surface area (Å²) < 4.78 is 3.96. The van der Waals surface area contributed by atoms with Gasteiger partial charge in [0.25, 0.3) is 5.91 Å². The van der Waals surface area contributed by atoms with Crippen molar-refractivity contribution >= 4 is 22.9 Å². The lowest BCUT2D eigenvalue weighted by Gasteiger charge is -2.17. The van der Waals surface area contributed by atoms with Crippen molar-refractivity contribution in [3.8, 4) is 0 Å². The third-order valence-electron chi connectivity index (χ3n) is 4.47. The first-order chi connectivity index (χ1) is 11.1. The molecule has 0 spiro atoms. The van der Waals surface area contributed by atoms with Gasteiger partial charge in [-0.15, -0.1) is 0 Å². The average molecular weight is 310 g/mol. The molecule has 0 saturated carbocycles. The number of carbonyl (C=O) groups is 1. The van der Waals surface area contributed by atoms with E-state index in [1.54, 1.807) is 6.20 Å². The molecule has 1 aliphatic rings. The summed E-state index contributed by atoms with van der Waals surface area (Å²) in [6, 6.07) is 8.35. The van der Waals surface area contributed by atoms with Gasteiger partial charge >= 0.3 is 0 Å². The predicted molar refractivity (Wildman–Crippen MR) is 87.3 cm³/mol. The summed E-state index contributed by atoms with van der Waals surface area (Å²) in [5, 5.41) is 4.27. The molecule has 4 rings (SSSR count). The Morgan fingerprint density at radius 2 is 2.17 bits per heavy atom. The molecule has 1 amide bonds. The third-order valence-corrected chi connectivity index (χ3v) is 4.47. The van der Waals surface area contributed by atoms with Crippen LogP contribution < -0.4 is 10.6 Å². The number of imidazole rings is 1. The highest BCUT2D eigenvalue weighted by molar-refractivity contribution is 5.92. The molecule has 2 N–H and O–H groups in total. The maximum absolute atomic E-state index is 11.2. The molecule has 2 aromatic heterocycles. The molecular weight excluding hydrogens is 292 g/mol. The second-order valence-corrected chi connectivity index (χ2v) is 5.92. The van der Waals surface area contributed by atoms with Crippen LogP contribution in [-0.2, 0) is 7.05 Å². The molecule has 1 aromatic carbocycles. The normalized spacial score (nSPS) is 18.0. The number of fused-ring (bicyclic) bond motifs is 1. The Morgan fingerprint density at radius 1 is 1.35 bits per heavy atom. The second kappa shape index (κ2) is 5.12. The van der Waals surface area contributed by atoms with Gasteiger partial charge in [-0.05, 0) is 18.6 Å². The fourth-order valence-electron chi connectivity index (χ4n) is 3.22. The molecule has 0 radical (unpaired) electrons. The molecule has 1 aliphatic heterocycles. The predicted octanol–water partition coefficient (Wildman–Crippen LogP) is 1.32. The van der Waals surface area contributed by atoms with E-state index in [0.717, 1.165) is 36.5 Å². The number of rotatable bonds is 3. The standard InChI is InChI=1S/C16H18N6O/c1-20-14-5-3-2-4-13(14)19-16(20)21-7-6-12(10-21)22-9-11(8-18-22)15(17)23/h2-5,8-9,12H,6-7,10H2,1H3,(H2,17,23). The van der Waals surface area contributed by atoms with Crippen molar-refractivity contribution < 1.29 is 4.79 Å². The maximum Gasteiger partial charge on any atom is 0.251 e. The summed E-state index contributed by atoms with van der Waals surface area (Å²) in [7, 11) is 2.04. The van der Waals surface area contributed by atoms with E-state index in [1.165, 1.54) is 6.20 Å². The van der Waals surface area contributed by atoms with Crippen LogP contribution in [0.25, 0.3) is 11.0 Å². The molecule has 1 saturated heterocycles. The SMILES string of the molecule is Cn1c(N2CCC(n3cc(C(N)=O)cn3)C2)nc2ccccc21. The molecule has 1 unspecified atom stereocenters. The third kappa shape index (κ3) is 2.25. The van der Waals surface area contributed by atoms with Gasteiger partial charge in [-0.1, -0.05) is 12.1 Å². The molecule has 1 fully saturated rings. The minimum atomic E-state index is -0.443. The van der Waals surface area contributed by atoms with E-state index in [9.17, 15) is 4.79 Å². The highest BCUT2D eigenvalue weighted by atomic mass is 16.1. The van der Waals surface area contributed by atoms with Crippen molar-refractivity contribution in [3.05, 3.63) is 42.2 Å². The summed E-state index contributed by atoms with van der Waals surface area (Å²) >= 11 is 0. The quantitative estimate of drug-likeness (QED) is 0.791. The maximum atomic E-state index is 11.2. The lowest BCUT2D eigenvalue weighted by molar-refractivity contribution is 0.1000. The lowest BCUT2D eigenvalue weighted by atomic mass is 10.3. The summed E-state index contributed by atoms with van der Waals surface area (Å²) in [4.78, 5) is 18.2. The van der Waals surface area contributed by atoms with Crippen molar-refractivity contribution in [1.29, 1.82) is 0 Å². The summed E-state index contributed by atoms with van der Waals surface area (Å²) in [5.74, 6) is 0.525. The minimum absolute atomic E-state index is 0.225. The lowest BCUT2D eigenvalue weighted by Crippen LogP contribution is -2.24. The van der Waals surface area contributed by atoms with E-state index >= 15 is 0 Å². The van der Waals surface area contributed by atoms with Gasteiger partial charge in [-0.3, -0.25) is 9.48 Å². The summed E-state index contributed by atoms with van der Waals surface area (Å²) in [6.45, 7) is 1.73. The number of primary amides is 1. The summed E-state index contributed by atoms with van der Waals surface area (Å²) in [6.07, 6.45) is 4.22. The van der Waals surface area contributed by atoms with Crippen LogP contribution in [0.5, 0.6) is 0 Å². The van der Waals surface area contributed by atoms with Crippen LogP contribution in [0.3, 0.4) is 0 Å². The Morgan fingerprint density at radius 3 is 2.91 bits per heavy atom. The van der Waals surface area contributed by atoms with Gasteiger partial charge in [0.2, 0.25) is 5.95 Å². The van der Waals surface area contributed by atoms with E-state index in [-0.39, 0.29) is 6.04 Å². The van der Waals surface area contributed by atoms with Gasteiger partial charge in [0, 0.05) is 26.3 Å². The molecule has 3 heterocycles. The zero-order valence-electron chi connectivity index (χ0n) is 12.9. The van der Waals surface area contributed by atoms with Crippen molar-refractivity contribution in [2.75, 3.05) is 18.0 Å². The van der Waals surface area contributed by atoms with Crippen LogP contribution in [0, 0.1) is 0 Å². The largest absolute Gasteiger partial charge is 0.366 e. The zero-order chi connectivity index (χ0) is 16.0. The number of hydrogen-bond donors (Lipinski definition) is 1. The molecule has 3 aromatic rings. The van der Waals surface area contributed by atoms with Crippen LogP contribution in [0.4, 0.5) is 5.95 Å². The van der Waals surface area contributed by atoms with E-state index in [4.69, 9.17) is 10.7 Å². The van der Waals surface area contributed by atoms with Crippen molar-refractivity contribution in [2.45, 2.75) is 12.5 Å². The monoisotopic (exact) mass is 310 g/mol. The van der Waals surface area contributed by atoms with Crippen LogP contribution in [0.15, 0.2) is 36.7 Å². The molecule has 0 bridgehead atoms. The Balaban J connectivity index is 1.59. The highest BCUT2D eigenvalue weighted by Crippen LogP contribution is 2.28. The molecule has 1 atom stereocenters. The Labute approximate surface area is 133 Å². The number of aromatic nitrogens is 4. The minimum Gasteiger partial charge on any atom is -0.366 e. The summed E-state index contributed by atoms with van der Waals surface area (Å²) in [5.41, 5.74) is 7.87. The molecule has 23 heavy (non-hydrogen) atoms. The Kier molecular flexibility index (Phi) is 3.07. The number of carbonyl (C=O) groups excluding carboxylic acids is 1. The van der Waals surface area contributed by atoms with E-state index < -0.39 is 5.91 Å². The van der Waals surface area contributed by atoms with Gasteiger partial charge < -0.3 is 15.2 Å². The Hall–Kier alpha value is -2.83. The molecule has 118 valence electrons. The van der Waals surface area contributed by atoms with E-state index in [2.05, 4.69) is 20.6 Å². The van der Waals surface area contributed by atoms with Crippen LogP contribution in [0.1, 0.15) is 22.8 Å². The zero-order valence-corrected chi connectivity index (χ0v) is 12.9. The fourth-order valence-corrected chi connectivity index (χ4v) is 3.22. The van der Waals surface area contributed by atoms with Gasteiger partial charge in [-0.25, -0.2) is 4.98 Å². The fraction of sp³-hybridized carbons (Fsp3) is 0.312. The van der Waals surface area contributed by atoms with Crippen LogP contribution >= 0.6 is 0 Å². The first kappa shape index (κ1) is 13.8. The van der Waals surface area contributed by atoms with Gasteiger partial charge in [-0.2, -0.15) is 5.10 Å². The van der Waals surface area contributed by atoms with Crippen LogP contribution in [0.2, 0.25) is 0 Å². The molecule has 7 nitrogen and oxygen atoms in total. The van der Waals surface area contributed by atoms with Gasteiger partial charge in [0.15, 0.2) is 0 Å². The van der Waals surface area contributed by atoms with E-state index in [0.29, 0.717) is 5.56 Å². The number of anilines is 1. The van der Waals surface area contributed by atoms with Crippen molar-refractivity contribution in [2.24, 2.45) is 12.8 Å². The average Bonchev–Trinajstić information content (AvgIpc) is 3.25. The topological polar surface area (TPSA) is 82.0 Å². The first-order valence-corrected chi connectivity index (χ1v) is 7.64. The highest BCUT2D eigenvalue weighted by Gasteiger charge is 2.27. The number of amides is 1. The number of nitrogens with two attached hydrogens (primary N) is 1. The first-order valence-electron chi connectivity index (χ1n) is 7.64. The van der Waals surface area contributed by atoms with Crippen molar-refractivity contribution in [3.63, 3.8) is 0 Å². The molecule has 0 aliphatic carbocycles. The van der Waals surface area contributed by atoms with Gasteiger partial charge in [0.05, 0.1) is 28.8 Å². The molecular formula is C16H18N6O. The smallest absolute Gasteiger partial charge is 0.251 e. The number of hydrogen-bond acceptors (Lipinski definition) is 4.